The second kappa shape index (κ2) is 5.54. The standard InChI is InChI=1S/C11H20N2O3Si/c1-12-8-10(6-7-17(3,4)5)13(11(12)14)16-9-15-2/h10H,8-9H2,1-5H3. The van der Waals surface area contributed by atoms with Crippen LogP contribution in [0.25, 0.3) is 0 Å². The zero-order chi connectivity index (χ0) is 13.1. The van der Waals surface area contributed by atoms with Gasteiger partial charge in [0, 0.05) is 14.2 Å². The van der Waals surface area contributed by atoms with Crippen LogP contribution < -0.4 is 0 Å². The summed E-state index contributed by atoms with van der Waals surface area (Å²) in [6, 6.07) is -0.369. The van der Waals surface area contributed by atoms with Crippen molar-refractivity contribution in [1.29, 1.82) is 0 Å². The number of hydrogen-bond acceptors (Lipinski definition) is 3. The summed E-state index contributed by atoms with van der Waals surface area (Å²) >= 11 is 0. The molecule has 1 aliphatic heterocycles. The minimum absolute atomic E-state index is 0.0602. The van der Waals surface area contributed by atoms with Gasteiger partial charge in [-0.2, -0.15) is 5.06 Å². The van der Waals surface area contributed by atoms with Gasteiger partial charge in [-0.05, 0) is 0 Å². The molecule has 2 amide bonds. The summed E-state index contributed by atoms with van der Waals surface area (Å²) in [5, 5.41) is 1.30. The predicted octanol–water partition coefficient (Wildman–Crippen LogP) is 1.14. The first-order valence-electron chi connectivity index (χ1n) is 5.54. The molecule has 0 radical (unpaired) electrons. The zero-order valence-electron chi connectivity index (χ0n) is 11.1. The van der Waals surface area contributed by atoms with Crippen LogP contribution in [0.4, 0.5) is 4.79 Å². The molecule has 1 atom stereocenters. The lowest BCUT2D eigenvalue weighted by atomic mass is 10.3. The first-order valence-corrected chi connectivity index (χ1v) is 9.04. The normalized spacial score (nSPS) is 20.5. The van der Waals surface area contributed by atoms with Crippen LogP contribution in [0, 0.1) is 11.5 Å². The van der Waals surface area contributed by atoms with Gasteiger partial charge in [0.1, 0.15) is 14.1 Å². The van der Waals surface area contributed by atoms with E-state index in [1.54, 1.807) is 11.9 Å². The third-order valence-electron chi connectivity index (χ3n) is 2.17. The molecule has 0 aromatic carbocycles. The van der Waals surface area contributed by atoms with Crippen molar-refractivity contribution in [3.63, 3.8) is 0 Å². The highest BCUT2D eigenvalue weighted by Gasteiger charge is 2.35. The van der Waals surface area contributed by atoms with Crippen LogP contribution in [0.5, 0.6) is 0 Å². The molecule has 1 unspecified atom stereocenters. The molecule has 0 bridgehead atoms. The van der Waals surface area contributed by atoms with Crippen molar-refractivity contribution in [3.05, 3.63) is 0 Å². The number of urea groups is 1. The van der Waals surface area contributed by atoms with E-state index in [2.05, 4.69) is 31.1 Å². The van der Waals surface area contributed by atoms with E-state index < -0.39 is 8.07 Å². The van der Waals surface area contributed by atoms with Crippen LogP contribution in [0.15, 0.2) is 0 Å². The maximum absolute atomic E-state index is 11.8. The number of hydroxylamine groups is 2. The Morgan fingerprint density at radius 3 is 2.65 bits per heavy atom. The van der Waals surface area contributed by atoms with Crippen molar-refractivity contribution >= 4 is 14.1 Å². The Balaban J connectivity index is 2.74. The minimum atomic E-state index is -1.43. The maximum atomic E-state index is 11.8. The molecule has 1 saturated heterocycles. The van der Waals surface area contributed by atoms with Crippen molar-refractivity contribution in [2.24, 2.45) is 0 Å². The van der Waals surface area contributed by atoms with Gasteiger partial charge in [0.25, 0.3) is 0 Å². The molecule has 96 valence electrons. The summed E-state index contributed by atoms with van der Waals surface area (Å²) in [5.41, 5.74) is 3.26. The number of ether oxygens (including phenoxy) is 1. The zero-order valence-corrected chi connectivity index (χ0v) is 12.1. The van der Waals surface area contributed by atoms with Gasteiger partial charge in [-0.25, -0.2) is 9.63 Å². The number of rotatable bonds is 3. The van der Waals surface area contributed by atoms with Gasteiger partial charge in [-0.15, -0.1) is 5.54 Å². The molecule has 1 rings (SSSR count). The Kier molecular flexibility index (Phi) is 4.57. The summed E-state index contributed by atoms with van der Waals surface area (Å²) in [6.07, 6.45) is 0. The Morgan fingerprint density at radius 1 is 1.47 bits per heavy atom. The summed E-state index contributed by atoms with van der Waals surface area (Å²) in [6.45, 7) is 7.13. The SMILES string of the molecule is COCON1C(=O)N(C)CC1C#C[Si](C)(C)C. The fourth-order valence-corrected chi connectivity index (χ4v) is 1.97. The molecule has 0 saturated carbocycles. The van der Waals surface area contributed by atoms with E-state index in [1.807, 2.05) is 0 Å². The second-order valence-electron chi connectivity index (χ2n) is 5.06. The lowest BCUT2D eigenvalue weighted by molar-refractivity contribution is -0.186. The molecule has 6 heteroatoms. The van der Waals surface area contributed by atoms with Gasteiger partial charge in [0.2, 0.25) is 0 Å². The Labute approximate surface area is 104 Å². The van der Waals surface area contributed by atoms with Crippen LogP contribution in [0.2, 0.25) is 19.6 Å². The third-order valence-corrected chi connectivity index (χ3v) is 3.06. The van der Waals surface area contributed by atoms with Gasteiger partial charge in [0.15, 0.2) is 6.79 Å². The van der Waals surface area contributed by atoms with E-state index in [9.17, 15) is 4.79 Å². The number of hydrogen-bond donors (Lipinski definition) is 0. The molecule has 5 nitrogen and oxygen atoms in total. The Morgan fingerprint density at radius 2 is 2.12 bits per heavy atom. The van der Waals surface area contributed by atoms with Gasteiger partial charge in [-0.1, -0.05) is 25.6 Å². The van der Waals surface area contributed by atoms with Crippen molar-refractivity contribution in [2.45, 2.75) is 25.7 Å². The van der Waals surface area contributed by atoms with Crippen LogP contribution in [0.1, 0.15) is 0 Å². The third kappa shape index (κ3) is 4.04. The molecule has 0 aromatic rings. The minimum Gasteiger partial charge on any atom is -0.356 e. The number of nitrogens with zero attached hydrogens (tertiary/aromatic N) is 2. The molecule has 0 spiro atoms. The lowest BCUT2D eigenvalue weighted by Gasteiger charge is -2.18. The molecular formula is C11H20N2O3Si. The molecule has 0 aliphatic carbocycles. The summed E-state index contributed by atoms with van der Waals surface area (Å²) in [4.78, 5) is 18.6. The molecule has 1 aliphatic rings. The molecule has 0 aromatic heterocycles. The fourth-order valence-electron chi connectivity index (χ4n) is 1.37. The largest absolute Gasteiger partial charge is 0.356 e. The highest BCUT2D eigenvalue weighted by Crippen LogP contribution is 2.14. The number of likely N-dealkylation sites (N-methyl/N-ethyl adjacent to an activating group) is 1. The van der Waals surface area contributed by atoms with E-state index >= 15 is 0 Å². The Bertz CT molecular complexity index is 343. The van der Waals surface area contributed by atoms with E-state index in [4.69, 9.17) is 9.57 Å². The average molecular weight is 256 g/mol. The van der Waals surface area contributed by atoms with Crippen molar-refractivity contribution in [1.82, 2.24) is 9.96 Å². The average Bonchev–Trinajstić information content (AvgIpc) is 2.49. The van der Waals surface area contributed by atoms with E-state index in [1.165, 1.54) is 12.2 Å². The van der Waals surface area contributed by atoms with Crippen molar-refractivity contribution in [3.8, 4) is 11.5 Å². The molecule has 1 heterocycles. The second-order valence-corrected chi connectivity index (χ2v) is 9.81. The first-order chi connectivity index (χ1) is 7.85. The lowest BCUT2D eigenvalue weighted by Crippen LogP contribution is -2.34. The van der Waals surface area contributed by atoms with Crippen LogP contribution in [-0.4, -0.2) is 57.6 Å². The van der Waals surface area contributed by atoms with Gasteiger partial charge < -0.3 is 9.64 Å². The monoisotopic (exact) mass is 256 g/mol. The number of amides is 2. The van der Waals surface area contributed by atoms with Crippen molar-refractivity contribution in [2.75, 3.05) is 27.5 Å². The first kappa shape index (κ1) is 14.0. The molecule has 17 heavy (non-hydrogen) atoms. The Hall–Kier alpha value is -1.03. The number of methoxy groups -OCH3 is 1. The van der Waals surface area contributed by atoms with E-state index in [0.29, 0.717) is 6.54 Å². The molecular weight excluding hydrogens is 236 g/mol. The summed E-state index contributed by atoms with van der Waals surface area (Å²) < 4.78 is 4.81. The van der Waals surface area contributed by atoms with Crippen LogP contribution >= 0.6 is 0 Å². The smallest absolute Gasteiger partial charge is 0.345 e. The maximum Gasteiger partial charge on any atom is 0.345 e. The van der Waals surface area contributed by atoms with Crippen molar-refractivity contribution < 1.29 is 14.4 Å². The highest BCUT2D eigenvalue weighted by molar-refractivity contribution is 6.83. The van der Waals surface area contributed by atoms with Gasteiger partial charge in [-0.3, -0.25) is 0 Å². The quantitative estimate of drug-likeness (QED) is 0.432. The van der Waals surface area contributed by atoms with Gasteiger partial charge in [0.05, 0.1) is 6.54 Å². The summed E-state index contributed by atoms with van der Waals surface area (Å²) in [7, 11) is 1.82. The van der Waals surface area contributed by atoms with E-state index in [-0.39, 0.29) is 18.9 Å². The van der Waals surface area contributed by atoms with E-state index in [0.717, 1.165) is 0 Å². The molecule has 1 fully saturated rings. The number of carbonyl (C=O) groups is 1. The number of carbonyl (C=O) groups excluding carboxylic acids is 1. The predicted molar refractivity (Wildman–Crippen MR) is 67.7 cm³/mol. The van der Waals surface area contributed by atoms with Crippen LogP contribution in [-0.2, 0) is 9.57 Å². The summed E-state index contributed by atoms with van der Waals surface area (Å²) in [5.74, 6) is 3.14. The highest BCUT2D eigenvalue weighted by atomic mass is 28.3. The molecule has 0 N–H and O–H groups in total. The topological polar surface area (TPSA) is 42.0 Å². The van der Waals surface area contributed by atoms with Gasteiger partial charge >= 0.3 is 6.03 Å². The van der Waals surface area contributed by atoms with Crippen LogP contribution in [0.3, 0.4) is 0 Å². The fraction of sp³-hybridized carbons (Fsp3) is 0.727.